The second-order valence-electron chi connectivity index (χ2n) is 7.35. The Balaban J connectivity index is 1.60. The summed E-state index contributed by atoms with van der Waals surface area (Å²) in [5.74, 6) is -2.46. The fourth-order valence-corrected chi connectivity index (χ4v) is 4.46. The van der Waals surface area contributed by atoms with Crippen molar-refractivity contribution < 1.29 is 19.8 Å². The third kappa shape index (κ3) is 4.15. The lowest BCUT2D eigenvalue weighted by molar-refractivity contribution is 0.0686. The standard InChI is InChI=1S/C23H20N4O5S/c1-12(14-9-5-7-13-6-3-4-8-15(13)14)24-23(32)25-16-10-11-33-19(16)20-26-17(22(30)31)18(28)21(29)27(20)2/h3-12,28H,1-2H3,(H,30,31)(H2,24,25,32). The van der Waals surface area contributed by atoms with E-state index in [2.05, 4.69) is 15.6 Å². The Bertz CT molecular complexity index is 1440. The zero-order valence-electron chi connectivity index (χ0n) is 17.7. The van der Waals surface area contributed by atoms with Gasteiger partial charge in [-0.05, 0) is 34.7 Å². The average Bonchev–Trinajstić information content (AvgIpc) is 3.24. The first-order chi connectivity index (χ1) is 15.8. The van der Waals surface area contributed by atoms with E-state index < -0.39 is 29.0 Å². The molecule has 0 bridgehead atoms. The molecule has 0 radical (unpaired) electrons. The zero-order valence-corrected chi connectivity index (χ0v) is 18.5. The van der Waals surface area contributed by atoms with Gasteiger partial charge in [-0.1, -0.05) is 42.5 Å². The van der Waals surface area contributed by atoms with Crippen LogP contribution < -0.4 is 16.2 Å². The molecule has 9 nitrogen and oxygen atoms in total. The Morgan fingerprint density at radius 1 is 1.12 bits per heavy atom. The van der Waals surface area contributed by atoms with Gasteiger partial charge in [0.2, 0.25) is 5.75 Å². The molecule has 0 aliphatic heterocycles. The Hall–Kier alpha value is -4.18. The number of aromatic hydroxyl groups is 1. The largest absolute Gasteiger partial charge is 0.501 e. The van der Waals surface area contributed by atoms with Crippen LogP contribution in [-0.4, -0.2) is 31.8 Å². The Morgan fingerprint density at radius 2 is 1.85 bits per heavy atom. The van der Waals surface area contributed by atoms with Crippen molar-refractivity contribution in [1.82, 2.24) is 14.9 Å². The van der Waals surface area contributed by atoms with Crippen molar-refractivity contribution in [1.29, 1.82) is 0 Å². The number of carbonyl (C=O) groups is 2. The van der Waals surface area contributed by atoms with Crippen LogP contribution in [0.3, 0.4) is 0 Å². The van der Waals surface area contributed by atoms with E-state index in [1.807, 2.05) is 49.4 Å². The highest BCUT2D eigenvalue weighted by molar-refractivity contribution is 7.14. The lowest BCUT2D eigenvalue weighted by Crippen LogP contribution is -2.31. The quantitative estimate of drug-likeness (QED) is 0.353. The van der Waals surface area contributed by atoms with E-state index in [4.69, 9.17) is 0 Å². The summed E-state index contributed by atoms with van der Waals surface area (Å²) in [5, 5.41) is 28.5. The minimum Gasteiger partial charge on any atom is -0.501 e. The van der Waals surface area contributed by atoms with Crippen LogP contribution in [0.5, 0.6) is 5.75 Å². The number of aromatic carboxylic acids is 1. The van der Waals surface area contributed by atoms with E-state index in [-0.39, 0.29) is 11.9 Å². The number of aromatic nitrogens is 2. The number of hydrogen-bond donors (Lipinski definition) is 4. The van der Waals surface area contributed by atoms with Crippen LogP contribution in [0.15, 0.2) is 58.7 Å². The summed E-state index contributed by atoms with van der Waals surface area (Å²) in [6.07, 6.45) is 0. The number of carbonyl (C=O) groups excluding carboxylic acids is 1. The number of amides is 2. The minimum absolute atomic E-state index is 0.0163. The van der Waals surface area contributed by atoms with Crippen molar-refractivity contribution in [2.45, 2.75) is 13.0 Å². The number of benzene rings is 2. The van der Waals surface area contributed by atoms with Gasteiger partial charge >= 0.3 is 12.0 Å². The molecule has 10 heteroatoms. The van der Waals surface area contributed by atoms with Crippen molar-refractivity contribution >= 4 is 39.8 Å². The molecule has 4 rings (SSSR count). The Morgan fingerprint density at radius 3 is 2.61 bits per heavy atom. The van der Waals surface area contributed by atoms with Gasteiger partial charge in [-0.15, -0.1) is 11.3 Å². The smallest absolute Gasteiger partial charge is 0.358 e. The van der Waals surface area contributed by atoms with Gasteiger partial charge < -0.3 is 20.8 Å². The van der Waals surface area contributed by atoms with E-state index in [0.717, 1.165) is 20.9 Å². The van der Waals surface area contributed by atoms with E-state index in [1.165, 1.54) is 18.4 Å². The van der Waals surface area contributed by atoms with Gasteiger partial charge in [-0.2, -0.15) is 0 Å². The summed E-state index contributed by atoms with van der Waals surface area (Å²) in [6.45, 7) is 1.88. The van der Waals surface area contributed by atoms with Gasteiger partial charge in [0, 0.05) is 7.05 Å². The number of nitrogens with one attached hydrogen (secondary N) is 2. The zero-order chi connectivity index (χ0) is 23.7. The maximum atomic E-state index is 12.8. The molecule has 1 atom stereocenters. The topological polar surface area (TPSA) is 134 Å². The first-order valence-electron chi connectivity index (χ1n) is 9.94. The van der Waals surface area contributed by atoms with Crippen LogP contribution in [0, 0.1) is 0 Å². The summed E-state index contributed by atoms with van der Waals surface area (Å²) < 4.78 is 1.04. The van der Waals surface area contributed by atoms with Crippen LogP contribution in [0.2, 0.25) is 0 Å². The number of carboxylic acids is 1. The number of hydrogen-bond acceptors (Lipinski definition) is 6. The van der Waals surface area contributed by atoms with Crippen LogP contribution in [0.1, 0.15) is 29.0 Å². The molecule has 2 aromatic heterocycles. The molecule has 0 saturated carbocycles. The number of urea groups is 1. The molecule has 2 amide bonds. The van der Waals surface area contributed by atoms with Crippen LogP contribution in [0.4, 0.5) is 10.5 Å². The van der Waals surface area contributed by atoms with Crippen molar-refractivity contribution in [3.63, 3.8) is 0 Å². The Labute approximate surface area is 192 Å². The van der Waals surface area contributed by atoms with Crippen molar-refractivity contribution in [2.24, 2.45) is 7.05 Å². The third-order valence-corrected chi connectivity index (χ3v) is 6.13. The molecule has 0 aliphatic carbocycles. The van der Waals surface area contributed by atoms with Gasteiger partial charge in [0.15, 0.2) is 11.5 Å². The molecular formula is C23H20N4O5S. The molecule has 4 aromatic rings. The minimum atomic E-state index is -1.53. The van der Waals surface area contributed by atoms with E-state index >= 15 is 0 Å². The highest BCUT2D eigenvalue weighted by Crippen LogP contribution is 2.33. The SMILES string of the molecule is CC(NC(=O)Nc1ccsc1-c1nc(C(=O)O)c(O)c(=O)n1C)c1cccc2ccccc12. The summed E-state index contributed by atoms with van der Waals surface area (Å²) in [4.78, 5) is 40.7. The number of nitrogens with zero attached hydrogens (tertiary/aromatic N) is 2. The second-order valence-corrected chi connectivity index (χ2v) is 8.27. The van der Waals surface area contributed by atoms with Gasteiger partial charge in [0.1, 0.15) is 0 Å². The molecule has 1 unspecified atom stereocenters. The van der Waals surface area contributed by atoms with Gasteiger partial charge in [-0.3, -0.25) is 9.36 Å². The molecule has 33 heavy (non-hydrogen) atoms. The highest BCUT2D eigenvalue weighted by atomic mass is 32.1. The summed E-state index contributed by atoms with van der Waals surface area (Å²) in [7, 11) is 1.36. The fraction of sp³-hybridized carbons (Fsp3) is 0.130. The first kappa shape index (κ1) is 22.0. The first-order valence-corrected chi connectivity index (χ1v) is 10.8. The number of anilines is 1. The van der Waals surface area contributed by atoms with Crippen LogP contribution in [-0.2, 0) is 7.05 Å². The van der Waals surface area contributed by atoms with Crippen molar-refractivity contribution in [3.05, 3.63) is 75.5 Å². The molecule has 0 fully saturated rings. The number of rotatable bonds is 5. The molecular weight excluding hydrogens is 444 g/mol. The summed E-state index contributed by atoms with van der Waals surface area (Å²) in [5.41, 5.74) is -0.332. The maximum absolute atomic E-state index is 12.8. The third-order valence-electron chi connectivity index (χ3n) is 5.22. The summed E-state index contributed by atoms with van der Waals surface area (Å²) in [6, 6.07) is 14.6. The van der Waals surface area contributed by atoms with Crippen LogP contribution >= 0.6 is 11.3 Å². The fourth-order valence-electron chi connectivity index (χ4n) is 3.58. The maximum Gasteiger partial charge on any atom is 0.358 e. The van der Waals surface area contributed by atoms with Crippen molar-refractivity contribution in [3.8, 4) is 16.5 Å². The molecule has 4 N–H and O–H groups in total. The van der Waals surface area contributed by atoms with Gasteiger partial charge in [0.05, 0.1) is 16.6 Å². The van der Waals surface area contributed by atoms with E-state index in [1.54, 1.807) is 11.4 Å². The number of thiophene rings is 1. The molecule has 2 aromatic carbocycles. The summed E-state index contributed by atoms with van der Waals surface area (Å²) >= 11 is 1.17. The molecule has 0 aliphatic rings. The van der Waals surface area contributed by atoms with Crippen molar-refractivity contribution in [2.75, 3.05) is 5.32 Å². The second kappa shape index (κ2) is 8.75. The normalized spacial score (nSPS) is 11.8. The number of carboxylic acid groups (broad SMARTS) is 1. The highest BCUT2D eigenvalue weighted by Gasteiger charge is 2.23. The lowest BCUT2D eigenvalue weighted by atomic mass is 10.00. The monoisotopic (exact) mass is 464 g/mol. The molecule has 0 saturated heterocycles. The molecule has 2 heterocycles. The molecule has 168 valence electrons. The van der Waals surface area contributed by atoms with Gasteiger partial charge in [-0.25, -0.2) is 14.6 Å². The van der Waals surface area contributed by atoms with Crippen LogP contribution in [0.25, 0.3) is 21.5 Å². The number of fused-ring (bicyclic) bond motifs is 1. The molecule has 0 spiro atoms. The lowest BCUT2D eigenvalue weighted by Gasteiger charge is -2.17. The average molecular weight is 465 g/mol. The predicted octanol–water partition coefficient (Wildman–Crippen LogP) is 3.95. The van der Waals surface area contributed by atoms with E-state index in [9.17, 15) is 24.6 Å². The van der Waals surface area contributed by atoms with Gasteiger partial charge in [0.25, 0.3) is 5.56 Å². The predicted molar refractivity (Wildman–Crippen MR) is 126 cm³/mol. The Kier molecular flexibility index (Phi) is 5.84. The van der Waals surface area contributed by atoms with E-state index in [0.29, 0.717) is 10.6 Å².